The summed E-state index contributed by atoms with van der Waals surface area (Å²) in [6.45, 7) is 2.57. The van der Waals surface area contributed by atoms with E-state index < -0.39 is 18.8 Å². The zero-order chi connectivity index (χ0) is 15.0. The molecule has 0 bridgehead atoms. The van der Waals surface area contributed by atoms with Crippen LogP contribution in [0.3, 0.4) is 0 Å². The van der Waals surface area contributed by atoms with Gasteiger partial charge in [0.05, 0.1) is 13.2 Å². The topological polar surface area (TPSA) is 35.5 Å². The van der Waals surface area contributed by atoms with E-state index in [1.807, 2.05) is 6.92 Å². The van der Waals surface area contributed by atoms with Gasteiger partial charge in [-0.1, -0.05) is 6.92 Å². The van der Waals surface area contributed by atoms with Gasteiger partial charge in [0.2, 0.25) is 0 Å². The molecule has 0 heterocycles. The Labute approximate surface area is 117 Å². The number of hydrogen-bond donors (Lipinski definition) is 2. The van der Waals surface area contributed by atoms with Crippen molar-refractivity contribution in [2.45, 2.75) is 26.3 Å². The van der Waals surface area contributed by atoms with E-state index in [9.17, 15) is 13.2 Å². The van der Waals surface area contributed by atoms with Crippen molar-refractivity contribution in [1.82, 2.24) is 5.32 Å². The van der Waals surface area contributed by atoms with Crippen molar-refractivity contribution in [1.29, 1.82) is 0 Å². The molecular formula is C14H21F3N2O. The lowest BCUT2D eigenvalue weighted by Crippen LogP contribution is -2.33. The minimum Gasteiger partial charge on any atom is -0.395 e. The van der Waals surface area contributed by atoms with Gasteiger partial charge in [-0.2, -0.15) is 0 Å². The second kappa shape index (κ2) is 8.81. The molecule has 2 N–H and O–H groups in total. The number of nitrogens with zero attached hydrogens (tertiary/aromatic N) is 1. The zero-order valence-electron chi connectivity index (χ0n) is 11.6. The molecule has 1 aromatic carbocycles. The Morgan fingerprint density at radius 3 is 2.70 bits per heavy atom. The molecule has 0 aliphatic rings. The van der Waals surface area contributed by atoms with Gasteiger partial charge in [0.15, 0.2) is 0 Å². The molecule has 0 aliphatic carbocycles. The average Bonchev–Trinajstić information content (AvgIpc) is 2.38. The van der Waals surface area contributed by atoms with Gasteiger partial charge >= 0.3 is 0 Å². The van der Waals surface area contributed by atoms with E-state index in [2.05, 4.69) is 5.32 Å². The molecule has 0 saturated carbocycles. The zero-order valence-corrected chi connectivity index (χ0v) is 11.6. The minimum absolute atomic E-state index is 0.0940. The van der Waals surface area contributed by atoms with Crippen molar-refractivity contribution in [3.05, 3.63) is 29.6 Å². The Balaban J connectivity index is 2.93. The van der Waals surface area contributed by atoms with Crippen LogP contribution >= 0.6 is 0 Å². The molecule has 0 spiro atoms. The van der Waals surface area contributed by atoms with Gasteiger partial charge in [-0.25, -0.2) is 13.2 Å². The molecule has 0 radical (unpaired) electrons. The van der Waals surface area contributed by atoms with E-state index >= 15 is 0 Å². The number of nitrogens with one attached hydrogen (secondary N) is 1. The standard InChI is InChI=1S/C14H21F3N2O/c1-2-5-18-9-11-8-12(15)3-4-13(11)19(6-7-20)10-14(16)17/h3-4,8,14,18,20H,2,5-7,9-10H2,1H3. The third kappa shape index (κ3) is 5.38. The number of halogens is 3. The molecule has 0 unspecified atom stereocenters. The normalized spacial score (nSPS) is 11.1. The summed E-state index contributed by atoms with van der Waals surface area (Å²) in [7, 11) is 0. The first-order chi connectivity index (χ1) is 9.58. The van der Waals surface area contributed by atoms with Crippen LogP contribution in [0.1, 0.15) is 18.9 Å². The summed E-state index contributed by atoms with van der Waals surface area (Å²) in [6, 6.07) is 4.07. The average molecular weight is 290 g/mol. The van der Waals surface area contributed by atoms with Gasteiger partial charge in [0.25, 0.3) is 6.43 Å². The Bertz CT molecular complexity index is 402. The maximum Gasteiger partial charge on any atom is 0.255 e. The van der Waals surface area contributed by atoms with E-state index in [1.165, 1.54) is 23.1 Å². The number of aliphatic hydroxyl groups excluding tert-OH is 1. The lowest BCUT2D eigenvalue weighted by Gasteiger charge is -2.26. The van der Waals surface area contributed by atoms with Gasteiger partial charge in [-0.15, -0.1) is 0 Å². The number of alkyl halides is 2. The smallest absolute Gasteiger partial charge is 0.255 e. The first-order valence-corrected chi connectivity index (χ1v) is 6.71. The van der Waals surface area contributed by atoms with E-state index in [-0.39, 0.29) is 13.2 Å². The molecule has 1 rings (SSSR count). The van der Waals surface area contributed by atoms with Crippen LogP contribution in [0.4, 0.5) is 18.9 Å². The van der Waals surface area contributed by atoms with Crippen LogP contribution in [0, 0.1) is 5.82 Å². The van der Waals surface area contributed by atoms with Crippen LogP contribution < -0.4 is 10.2 Å². The van der Waals surface area contributed by atoms with Gasteiger partial charge in [-0.05, 0) is 36.7 Å². The summed E-state index contributed by atoms with van der Waals surface area (Å²) in [4.78, 5) is 1.38. The van der Waals surface area contributed by atoms with Gasteiger partial charge < -0.3 is 15.3 Å². The molecule has 6 heteroatoms. The largest absolute Gasteiger partial charge is 0.395 e. The van der Waals surface area contributed by atoms with Crippen molar-refractivity contribution < 1.29 is 18.3 Å². The first-order valence-electron chi connectivity index (χ1n) is 6.71. The number of rotatable bonds is 9. The second-order valence-corrected chi connectivity index (χ2v) is 4.51. The van der Waals surface area contributed by atoms with Crippen molar-refractivity contribution in [3.63, 3.8) is 0 Å². The Kier molecular flexibility index (Phi) is 7.40. The van der Waals surface area contributed by atoms with Crippen LogP contribution in [0.2, 0.25) is 0 Å². The summed E-state index contributed by atoms with van der Waals surface area (Å²) in [5.41, 5.74) is 1.15. The molecule has 0 aromatic heterocycles. The Morgan fingerprint density at radius 2 is 2.10 bits per heavy atom. The quantitative estimate of drug-likeness (QED) is 0.686. The number of benzene rings is 1. The minimum atomic E-state index is -2.51. The molecule has 0 atom stereocenters. The molecule has 20 heavy (non-hydrogen) atoms. The Morgan fingerprint density at radius 1 is 1.35 bits per heavy atom. The fourth-order valence-electron chi connectivity index (χ4n) is 2.00. The molecule has 0 fully saturated rings. The van der Waals surface area contributed by atoms with Gasteiger partial charge in [-0.3, -0.25) is 0 Å². The molecule has 114 valence electrons. The van der Waals surface area contributed by atoms with Crippen LogP contribution in [-0.4, -0.2) is 37.8 Å². The second-order valence-electron chi connectivity index (χ2n) is 4.51. The number of hydrogen-bond acceptors (Lipinski definition) is 3. The third-order valence-corrected chi connectivity index (χ3v) is 2.85. The molecular weight excluding hydrogens is 269 g/mol. The molecule has 0 amide bonds. The van der Waals surface area contributed by atoms with E-state index in [0.717, 1.165) is 13.0 Å². The van der Waals surface area contributed by atoms with E-state index in [0.29, 0.717) is 17.8 Å². The summed E-state index contributed by atoms with van der Waals surface area (Å²) in [5, 5.41) is 12.1. The monoisotopic (exact) mass is 290 g/mol. The fourth-order valence-corrected chi connectivity index (χ4v) is 2.00. The van der Waals surface area contributed by atoms with E-state index in [1.54, 1.807) is 0 Å². The maximum atomic E-state index is 13.3. The molecule has 0 aliphatic heterocycles. The van der Waals surface area contributed by atoms with Gasteiger partial charge in [0, 0.05) is 18.8 Å². The summed E-state index contributed by atoms with van der Waals surface area (Å²) in [6.07, 6.45) is -1.58. The van der Waals surface area contributed by atoms with Crippen LogP contribution in [0.5, 0.6) is 0 Å². The fraction of sp³-hybridized carbons (Fsp3) is 0.571. The molecule has 0 saturated heterocycles. The van der Waals surface area contributed by atoms with Gasteiger partial charge in [0.1, 0.15) is 5.82 Å². The van der Waals surface area contributed by atoms with E-state index in [4.69, 9.17) is 5.11 Å². The molecule has 1 aromatic rings. The maximum absolute atomic E-state index is 13.3. The third-order valence-electron chi connectivity index (χ3n) is 2.85. The highest BCUT2D eigenvalue weighted by molar-refractivity contribution is 5.54. The highest BCUT2D eigenvalue weighted by Gasteiger charge is 2.16. The van der Waals surface area contributed by atoms with Crippen molar-refractivity contribution >= 4 is 5.69 Å². The highest BCUT2D eigenvalue weighted by atomic mass is 19.3. The first kappa shape index (κ1) is 16.8. The summed E-state index contributed by atoms with van der Waals surface area (Å²) < 4.78 is 38.5. The highest BCUT2D eigenvalue weighted by Crippen LogP contribution is 2.22. The van der Waals surface area contributed by atoms with Crippen molar-refractivity contribution in [2.75, 3.05) is 31.1 Å². The summed E-state index contributed by atoms with van der Waals surface area (Å²) in [5.74, 6) is -0.400. The summed E-state index contributed by atoms with van der Waals surface area (Å²) >= 11 is 0. The molecule has 3 nitrogen and oxygen atoms in total. The number of anilines is 1. The number of aliphatic hydroxyl groups is 1. The van der Waals surface area contributed by atoms with Crippen LogP contribution in [-0.2, 0) is 6.54 Å². The van der Waals surface area contributed by atoms with Crippen LogP contribution in [0.15, 0.2) is 18.2 Å². The predicted molar refractivity (Wildman–Crippen MR) is 73.7 cm³/mol. The lowest BCUT2D eigenvalue weighted by molar-refractivity contribution is 0.152. The Hall–Kier alpha value is -1.27. The van der Waals surface area contributed by atoms with Crippen molar-refractivity contribution in [3.8, 4) is 0 Å². The predicted octanol–water partition coefficient (Wildman–Crippen LogP) is 2.39. The SMILES string of the molecule is CCCNCc1cc(F)ccc1N(CCO)CC(F)F. The van der Waals surface area contributed by atoms with Crippen LogP contribution in [0.25, 0.3) is 0 Å². The van der Waals surface area contributed by atoms with Crippen molar-refractivity contribution in [2.24, 2.45) is 0 Å². The lowest BCUT2D eigenvalue weighted by atomic mass is 10.1.